The number of benzene rings is 2. The maximum absolute atomic E-state index is 13.4. The molecule has 0 unspecified atom stereocenters. The fourth-order valence-corrected chi connectivity index (χ4v) is 5.16. The molecule has 5 rings (SSSR count). The molecule has 1 N–H and O–H groups in total. The van der Waals surface area contributed by atoms with E-state index in [2.05, 4.69) is 45.5 Å². The first-order valence-corrected chi connectivity index (χ1v) is 13.0. The summed E-state index contributed by atoms with van der Waals surface area (Å²) < 4.78 is 1.79. The van der Waals surface area contributed by atoms with Gasteiger partial charge in [-0.25, -0.2) is 4.98 Å². The average Bonchev–Trinajstić information content (AvgIpc) is 2.89. The Hall–Kier alpha value is -3.45. The Morgan fingerprint density at radius 1 is 1.03 bits per heavy atom. The lowest BCUT2D eigenvalue weighted by molar-refractivity contribution is -0.116. The molecule has 188 valence electrons. The van der Waals surface area contributed by atoms with Gasteiger partial charge in [0.15, 0.2) is 0 Å². The van der Waals surface area contributed by atoms with Gasteiger partial charge in [0.05, 0.1) is 10.9 Å². The highest BCUT2D eigenvalue weighted by molar-refractivity contribution is 5.94. The normalized spacial score (nSPS) is 17.2. The van der Waals surface area contributed by atoms with Crippen LogP contribution in [0.15, 0.2) is 47.3 Å². The molecule has 3 heterocycles. The molecule has 0 atom stereocenters. The van der Waals surface area contributed by atoms with Gasteiger partial charge < -0.3 is 15.1 Å². The van der Waals surface area contributed by atoms with Crippen molar-refractivity contribution in [3.63, 3.8) is 0 Å². The van der Waals surface area contributed by atoms with E-state index in [0.29, 0.717) is 29.6 Å². The van der Waals surface area contributed by atoms with Crippen LogP contribution in [-0.4, -0.2) is 54.1 Å². The zero-order valence-electron chi connectivity index (χ0n) is 21.3. The molecular weight excluding hydrogens is 450 g/mol. The number of carbonyl (C=O) groups is 1. The molecule has 0 spiro atoms. The summed E-state index contributed by atoms with van der Waals surface area (Å²) in [4.78, 5) is 35.3. The molecule has 0 radical (unpaired) electrons. The second-order valence-corrected chi connectivity index (χ2v) is 10.1. The molecule has 1 amide bonds. The summed E-state index contributed by atoms with van der Waals surface area (Å²) >= 11 is 0. The molecule has 2 aliphatic heterocycles. The van der Waals surface area contributed by atoms with Crippen molar-refractivity contribution in [2.75, 3.05) is 43.9 Å². The van der Waals surface area contributed by atoms with Crippen LogP contribution in [0.4, 0.5) is 11.4 Å². The molecule has 0 aliphatic carbocycles. The minimum Gasteiger partial charge on any atom is -0.378 e. The number of amides is 1. The van der Waals surface area contributed by atoms with Crippen molar-refractivity contribution in [3.05, 3.63) is 64.2 Å². The van der Waals surface area contributed by atoms with Crippen molar-refractivity contribution in [3.8, 4) is 0 Å². The van der Waals surface area contributed by atoms with Gasteiger partial charge in [-0.3, -0.25) is 14.2 Å². The molecule has 3 aromatic rings. The Balaban J connectivity index is 1.36. The molecular formula is C29H35N5O2. The summed E-state index contributed by atoms with van der Waals surface area (Å²) in [7, 11) is 4.05. The molecule has 7 nitrogen and oxygen atoms in total. The van der Waals surface area contributed by atoms with Gasteiger partial charge in [-0.05, 0) is 86.3 Å². The number of carbonyl (C=O) groups excluding carboxylic acids is 1. The highest BCUT2D eigenvalue weighted by Gasteiger charge is 2.19. The Morgan fingerprint density at radius 2 is 1.81 bits per heavy atom. The molecule has 2 aromatic carbocycles. The highest BCUT2D eigenvalue weighted by Crippen LogP contribution is 2.28. The number of fused-ring (bicyclic) bond motifs is 2. The number of hydrogen-bond acceptors (Lipinski definition) is 5. The molecule has 7 heteroatoms. The van der Waals surface area contributed by atoms with Crippen LogP contribution < -0.4 is 15.8 Å². The Kier molecular flexibility index (Phi) is 7.18. The second kappa shape index (κ2) is 10.7. The number of anilines is 2. The Bertz CT molecular complexity index is 1330. The van der Waals surface area contributed by atoms with Crippen molar-refractivity contribution < 1.29 is 4.79 Å². The van der Waals surface area contributed by atoms with Crippen molar-refractivity contribution >= 4 is 39.8 Å². The predicted molar refractivity (Wildman–Crippen MR) is 147 cm³/mol. The monoisotopic (exact) mass is 485 g/mol. The number of hydrogen-bond donors (Lipinski definition) is 1. The number of likely N-dealkylation sites (tertiary alicyclic amines) is 1. The predicted octanol–water partition coefficient (Wildman–Crippen LogP) is 4.61. The average molecular weight is 486 g/mol. The van der Waals surface area contributed by atoms with E-state index in [-0.39, 0.29) is 11.5 Å². The molecule has 2 aliphatic rings. The summed E-state index contributed by atoms with van der Waals surface area (Å²) in [6.45, 7) is 3.59. The van der Waals surface area contributed by atoms with Crippen molar-refractivity contribution in [2.45, 2.75) is 45.1 Å². The van der Waals surface area contributed by atoms with Gasteiger partial charge in [0.2, 0.25) is 5.91 Å². The third kappa shape index (κ3) is 5.36. The van der Waals surface area contributed by atoms with Gasteiger partial charge >= 0.3 is 0 Å². The van der Waals surface area contributed by atoms with Crippen LogP contribution in [0.3, 0.4) is 0 Å². The summed E-state index contributed by atoms with van der Waals surface area (Å²) in [6, 6.07) is 13.8. The number of allylic oxidation sites excluding steroid dienone is 1. The van der Waals surface area contributed by atoms with Crippen LogP contribution in [0.5, 0.6) is 0 Å². The third-order valence-electron chi connectivity index (χ3n) is 7.21. The lowest BCUT2D eigenvalue weighted by atomic mass is 10.0. The maximum Gasteiger partial charge on any atom is 0.261 e. The van der Waals surface area contributed by atoms with Crippen LogP contribution in [0.1, 0.15) is 49.9 Å². The van der Waals surface area contributed by atoms with Crippen molar-refractivity contribution in [2.24, 2.45) is 0 Å². The van der Waals surface area contributed by atoms with Gasteiger partial charge in [0.1, 0.15) is 5.82 Å². The molecule has 36 heavy (non-hydrogen) atoms. The van der Waals surface area contributed by atoms with Crippen LogP contribution in [-0.2, 0) is 11.3 Å². The number of piperidine rings is 1. The minimum atomic E-state index is -0.0482. The summed E-state index contributed by atoms with van der Waals surface area (Å²) in [5, 5.41) is 3.52. The highest BCUT2D eigenvalue weighted by atomic mass is 16.1. The van der Waals surface area contributed by atoms with E-state index in [1.807, 2.05) is 26.2 Å². The standard InChI is InChI=1S/C29H35N5O2/c1-32(2)24-11-8-21(9-12-24)19-22-7-6-17-34-28(22)31-26-13-10-23(20-25(26)29(34)36)30-27(35)14-18-33-15-4-3-5-16-33/h8-13,19-20H,3-7,14-18H2,1-2H3,(H,30,35)/b22-19+. The van der Waals surface area contributed by atoms with Crippen LogP contribution in [0, 0.1) is 0 Å². The maximum atomic E-state index is 13.4. The first kappa shape index (κ1) is 24.3. The number of nitrogens with one attached hydrogen (secondary N) is 1. The van der Waals surface area contributed by atoms with E-state index in [1.54, 1.807) is 10.6 Å². The largest absolute Gasteiger partial charge is 0.378 e. The molecule has 1 aromatic heterocycles. The van der Waals surface area contributed by atoms with Crippen molar-refractivity contribution in [1.82, 2.24) is 14.5 Å². The van der Waals surface area contributed by atoms with Gasteiger partial charge in [0, 0.05) is 45.0 Å². The molecule has 1 fully saturated rings. The fraction of sp³-hybridized carbons (Fsp3) is 0.414. The topological polar surface area (TPSA) is 70.5 Å². The fourth-order valence-electron chi connectivity index (χ4n) is 5.16. The summed E-state index contributed by atoms with van der Waals surface area (Å²) in [6.07, 6.45) is 8.10. The van der Waals surface area contributed by atoms with E-state index in [9.17, 15) is 9.59 Å². The smallest absolute Gasteiger partial charge is 0.261 e. The van der Waals surface area contributed by atoms with E-state index in [0.717, 1.165) is 55.1 Å². The molecule has 0 saturated carbocycles. The van der Waals surface area contributed by atoms with Crippen LogP contribution in [0.25, 0.3) is 22.6 Å². The molecule has 1 saturated heterocycles. The van der Waals surface area contributed by atoms with Gasteiger partial charge in [-0.1, -0.05) is 18.6 Å². The Labute approximate surface area is 212 Å². The SMILES string of the molecule is CN(C)c1ccc(/C=C2\CCCn3c2nc2ccc(NC(=O)CCN4CCCCC4)cc2c3=O)cc1. The van der Waals surface area contributed by atoms with Crippen LogP contribution >= 0.6 is 0 Å². The van der Waals surface area contributed by atoms with E-state index < -0.39 is 0 Å². The Morgan fingerprint density at radius 3 is 2.56 bits per heavy atom. The summed E-state index contributed by atoms with van der Waals surface area (Å²) in [5.74, 6) is 0.727. The number of nitrogens with zero attached hydrogens (tertiary/aromatic N) is 4. The lowest BCUT2D eigenvalue weighted by Gasteiger charge is -2.25. The first-order valence-electron chi connectivity index (χ1n) is 13.0. The second-order valence-electron chi connectivity index (χ2n) is 10.1. The van der Waals surface area contributed by atoms with Gasteiger partial charge in [-0.15, -0.1) is 0 Å². The third-order valence-corrected chi connectivity index (χ3v) is 7.21. The van der Waals surface area contributed by atoms with Gasteiger partial charge in [-0.2, -0.15) is 0 Å². The zero-order chi connectivity index (χ0) is 25.1. The van der Waals surface area contributed by atoms with Crippen molar-refractivity contribution in [1.29, 1.82) is 0 Å². The molecule has 0 bridgehead atoms. The number of rotatable bonds is 6. The number of aromatic nitrogens is 2. The summed E-state index contributed by atoms with van der Waals surface area (Å²) in [5.41, 5.74) is 4.59. The minimum absolute atomic E-state index is 0.0172. The van der Waals surface area contributed by atoms with E-state index in [4.69, 9.17) is 4.98 Å². The quantitative estimate of drug-likeness (QED) is 0.552. The zero-order valence-corrected chi connectivity index (χ0v) is 21.3. The van der Waals surface area contributed by atoms with Crippen LogP contribution in [0.2, 0.25) is 0 Å². The first-order chi connectivity index (χ1) is 17.5. The van der Waals surface area contributed by atoms with E-state index in [1.165, 1.54) is 19.3 Å². The van der Waals surface area contributed by atoms with E-state index >= 15 is 0 Å². The lowest BCUT2D eigenvalue weighted by Crippen LogP contribution is -2.32. The van der Waals surface area contributed by atoms with Gasteiger partial charge in [0.25, 0.3) is 5.56 Å².